The highest BCUT2D eigenvalue weighted by molar-refractivity contribution is 7.16. The van der Waals surface area contributed by atoms with Crippen LogP contribution in [0, 0.1) is 11.8 Å². The minimum atomic E-state index is -0.566. The molecule has 0 atom stereocenters. The van der Waals surface area contributed by atoms with Crippen molar-refractivity contribution < 1.29 is 9.90 Å². The Morgan fingerprint density at radius 3 is 3.05 bits per heavy atom. The molecule has 2 aromatic rings. The number of hydrogen-bond acceptors (Lipinski definition) is 6. The summed E-state index contributed by atoms with van der Waals surface area (Å²) in [5.41, 5.74) is 4.72. The van der Waals surface area contributed by atoms with E-state index in [1.807, 2.05) is 0 Å². The number of aromatic amines is 1. The lowest BCUT2D eigenvalue weighted by atomic mass is 10.2. The molecule has 7 nitrogen and oxygen atoms in total. The van der Waals surface area contributed by atoms with Crippen LogP contribution in [0.2, 0.25) is 0 Å². The van der Waals surface area contributed by atoms with E-state index in [2.05, 4.69) is 27.1 Å². The molecule has 2 heterocycles. The van der Waals surface area contributed by atoms with Crippen molar-refractivity contribution in [3.63, 3.8) is 0 Å². The molecule has 0 bridgehead atoms. The molecule has 0 spiro atoms. The number of carbonyl (C=O) groups excluding carboxylic acids is 1. The third-order valence-electron chi connectivity index (χ3n) is 2.13. The Morgan fingerprint density at radius 2 is 2.35 bits per heavy atom. The maximum Gasteiger partial charge on any atom is 0.257 e. The fraction of sp³-hybridized carbons (Fsp3) is 0.0833. The average molecular weight is 290 g/mol. The van der Waals surface area contributed by atoms with E-state index in [0.717, 1.165) is 12.1 Å². The lowest BCUT2D eigenvalue weighted by Gasteiger charge is -2.01. The first kappa shape index (κ1) is 13.8. The number of rotatable bonds is 2. The van der Waals surface area contributed by atoms with Crippen LogP contribution in [0.15, 0.2) is 23.1 Å². The van der Waals surface area contributed by atoms with Gasteiger partial charge in [0, 0.05) is 12.1 Å². The molecule has 0 radical (unpaired) electrons. The van der Waals surface area contributed by atoms with Crippen LogP contribution >= 0.6 is 11.3 Å². The molecule has 0 aliphatic rings. The largest absolute Gasteiger partial charge is 0.494 e. The van der Waals surface area contributed by atoms with Gasteiger partial charge in [-0.3, -0.25) is 19.9 Å². The van der Waals surface area contributed by atoms with Gasteiger partial charge in [0.25, 0.3) is 11.5 Å². The lowest BCUT2D eigenvalue weighted by molar-refractivity contribution is 0.102. The molecular weight excluding hydrogens is 280 g/mol. The number of aromatic hydroxyl groups is 1. The lowest BCUT2D eigenvalue weighted by Crippen LogP contribution is -2.15. The van der Waals surface area contributed by atoms with Crippen molar-refractivity contribution in [1.29, 1.82) is 0 Å². The molecule has 2 aromatic heterocycles. The molecule has 0 unspecified atom stereocenters. The molecule has 1 amide bonds. The first-order valence-corrected chi connectivity index (χ1v) is 6.29. The highest BCUT2D eigenvalue weighted by atomic mass is 32.1. The smallest absolute Gasteiger partial charge is 0.257 e. The summed E-state index contributed by atoms with van der Waals surface area (Å²) in [6, 6.07) is 2.23. The van der Waals surface area contributed by atoms with Crippen molar-refractivity contribution in [3.05, 3.63) is 39.1 Å². The standard InChI is InChI=1S/C12H10N4O3S/c13-3-1-2-8-6-14-12(20-8)16-11(19)7-4-9(17)15-10(18)5-7/h4-6H,3,13H2,(H,14,16,19)(H2,15,17,18). The van der Waals surface area contributed by atoms with E-state index < -0.39 is 11.5 Å². The van der Waals surface area contributed by atoms with E-state index >= 15 is 0 Å². The second kappa shape index (κ2) is 6.01. The Balaban J connectivity index is 2.15. The van der Waals surface area contributed by atoms with Gasteiger partial charge < -0.3 is 10.8 Å². The fourth-order valence-corrected chi connectivity index (χ4v) is 2.04. The van der Waals surface area contributed by atoms with Gasteiger partial charge in [0.1, 0.15) is 0 Å². The SMILES string of the molecule is NCC#Cc1cnc(NC(=O)c2cc(O)[nH]c(=O)c2)s1. The van der Waals surface area contributed by atoms with Gasteiger partial charge in [-0.25, -0.2) is 4.98 Å². The predicted octanol–water partition coefficient (Wildman–Crippen LogP) is 0.0995. The van der Waals surface area contributed by atoms with Gasteiger partial charge in [0.05, 0.1) is 23.2 Å². The Labute approximate surface area is 117 Å². The first-order valence-electron chi connectivity index (χ1n) is 5.48. The van der Waals surface area contributed by atoms with Crippen molar-refractivity contribution in [2.75, 3.05) is 11.9 Å². The zero-order chi connectivity index (χ0) is 14.5. The minimum Gasteiger partial charge on any atom is -0.494 e. The number of anilines is 1. The number of H-pyrrole nitrogens is 1. The number of pyridine rings is 1. The molecule has 0 aliphatic heterocycles. The third-order valence-corrected chi connectivity index (χ3v) is 2.96. The van der Waals surface area contributed by atoms with Crippen molar-refractivity contribution in [1.82, 2.24) is 9.97 Å². The van der Waals surface area contributed by atoms with Crippen LogP contribution in [-0.4, -0.2) is 27.5 Å². The van der Waals surface area contributed by atoms with Crippen molar-refractivity contribution in [2.24, 2.45) is 5.73 Å². The predicted molar refractivity (Wildman–Crippen MR) is 74.7 cm³/mol. The summed E-state index contributed by atoms with van der Waals surface area (Å²) in [5.74, 6) is 4.54. The molecule has 0 saturated carbocycles. The maximum absolute atomic E-state index is 11.9. The molecule has 0 fully saturated rings. The number of thiazole rings is 1. The fourth-order valence-electron chi connectivity index (χ4n) is 1.36. The number of nitrogens with zero attached hydrogens (tertiary/aromatic N) is 1. The van der Waals surface area contributed by atoms with E-state index in [-0.39, 0.29) is 18.0 Å². The molecule has 0 aromatic carbocycles. The summed E-state index contributed by atoms with van der Waals surface area (Å²) in [6.45, 7) is 0.242. The second-order valence-corrected chi connectivity index (χ2v) is 4.64. The summed E-state index contributed by atoms with van der Waals surface area (Å²) in [6.07, 6.45) is 1.51. The van der Waals surface area contributed by atoms with Gasteiger partial charge in [0.2, 0.25) is 0 Å². The summed E-state index contributed by atoms with van der Waals surface area (Å²) in [7, 11) is 0. The zero-order valence-corrected chi connectivity index (χ0v) is 11.0. The molecule has 5 N–H and O–H groups in total. The number of amides is 1. The Kier molecular flexibility index (Phi) is 4.14. The average Bonchev–Trinajstić information content (AvgIpc) is 2.82. The summed E-state index contributed by atoms with van der Waals surface area (Å²) >= 11 is 1.18. The van der Waals surface area contributed by atoms with Crippen molar-refractivity contribution in [2.45, 2.75) is 0 Å². The number of nitrogens with two attached hydrogens (primary N) is 1. The maximum atomic E-state index is 11.9. The topological polar surface area (TPSA) is 121 Å². The van der Waals surface area contributed by atoms with Crippen LogP contribution in [0.4, 0.5) is 5.13 Å². The molecule has 0 aliphatic carbocycles. The highest BCUT2D eigenvalue weighted by Gasteiger charge is 2.10. The quantitative estimate of drug-likeness (QED) is 0.584. The van der Waals surface area contributed by atoms with Crippen molar-refractivity contribution >= 4 is 22.4 Å². The van der Waals surface area contributed by atoms with Crippen LogP contribution in [0.5, 0.6) is 5.88 Å². The van der Waals surface area contributed by atoms with E-state index in [1.54, 1.807) is 0 Å². The normalized spacial score (nSPS) is 9.65. The summed E-state index contributed by atoms with van der Waals surface area (Å²) in [4.78, 5) is 29.8. The van der Waals surface area contributed by atoms with Crippen LogP contribution < -0.4 is 16.6 Å². The van der Waals surface area contributed by atoms with Crippen LogP contribution in [0.3, 0.4) is 0 Å². The van der Waals surface area contributed by atoms with E-state index in [9.17, 15) is 14.7 Å². The Morgan fingerprint density at radius 1 is 1.55 bits per heavy atom. The Bertz CT molecular complexity index is 754. The summed E-state index contributed by atoms with van der Waals surface area (Å²) in [5, 5.41) is 12.1. The minimum absolute atomic E-state index is 0.0380. The van der Waals surface area contributed by atoms with E-state index in [4.69, 9.17) is 5.73 Å². The number of carbonyl (C=O) groups is 1. The molecule has 0 saturated heterocycles. The molecule has 8 heteroatoms. The molecular formula is C12H10N4O3S. The van der Waals surface area contributed by atoms with Gasteiger partial charge in [-0.05, 0) is 0 Å². The molecule has 20 heavy (non-hydrogen) atoms. The monoisotopic (exact) mass is 290 g/mol. The molecule has 102 valence electrons. The van der Waals surface area contributed by atoms with Gasteiger partial charge in [0.15, 0.2) is 11.0 Å². The van der Waals surface area contributed by atoms with Gasteiger partial charge in [-0.15, -0.1) is 0 Å². The van der Waals surface area contributed by atoms with Crippen molar-refractivity contribution in [3.8, 4) is 17.7 Å². The van der Waals surface area contributed by atoms with Gasteiger partial charge in [-0.1, -0.05) is 23.2 Å². The van der Waals surface area contributed by atoms with Gasteiger partial charge >= 0.3 is 0 Å². The number of hydrogen-bond donors (Lipinski definition) is 4. The van der Waals surface area contributed by atoms with Crippen LogP contribution in [-0.2, 0) is 0 Å². The molecule has 2 rings (SSSR count). The van der Waals surface area contributed by atoms with E-state index in [1.165, 1.54) is 17.5 Å². The first-order chi connectivity index (χ1) is 9.58. The summed E-state index contributed by atoms with van der Waals surface area (Å²) < 4.78 is 0. The second-order valence-electron chi connectivity index (χ2n) is 3.61. The van der Waals surface area contributed by atoms with E-state index in [0.29, 0.717) is 10.0 Å². The van der Waals surface area contributed by atoms with Crippen LogP contribution in [0.25, 0.3) is 0 Å². The highest BCUT2D eigenvalue weighted by Crippen LogP contribution is 2.18. The van der Waals surface area contributed by atoms with Crippen LogP contribution in [0.1, 0.15) is 15.2 Å². The Hall–Kier alpha value is -2.63. The zero-order valence-electron chi connectivity index (χ0n) is 10.1. The third kappa shape index (κ3) is 3.44. The van der Waals surface area contributed by atoms with Gasteiger partial charge in [-0.2, -0.15) is 0 Å². The number of nitrogens with one attached hydrogen (secondary N) is 2. The number of aromatic nitrogens is 2.